The lowest BCUT2D eigenvalue weighted by Crippen LogP contribution is -2.40. The molecule has 198 valence electrons. The molecule has 1 aliphatic rings. The van der Waals surface area contributed by atoms with Gasteiger partial charge in [-0.15, -0.1) is 11.3 Å². The number of alkyl halides is 2. The molecule has 37 heavy (non-hydrogen) atoms. The first-order valence-electron chi connectivity index (χ1n) is 12.3. The van der Waals surface area contributed by atoms with E-state index in [1.807, 2.05) is 45.2 Å². The molecule has 1 aromatic heterocycles. The number of para-hydroxylation sites is 1. The van der Waals surface area contributed by atoms with Gasteiger partial charge in [-0.25, -0.2) is 13.8 Å². The van der Waals surface area contributed by atoms with Crippen LogP contribution in [0.2, 0.25) is 0 Å². The number of carbonyl (C=O) groups excluding carboxylic acids is 1. The van der Waals surface area contributed by atoms with Gasteiger partial charge in [0.1, 0.15) is 5.69 Å². The van der Waals surface area contributed by atoms with Crippen LogP contribution in [-0.2, 0) is 5.92 Å². The topological polar surface area (TPSA) is 45.2 Å². The van der Waals surface area contributed by atoms with E-state index >= 15 is 0 Å². The van der Waals surface area contributed by atoms with Crippen molar-refractivity contribution in [2.75, 3.05) is 31.2 Å². The third kappa shape index (κ3) is 7.34. The van der Waals surface area contributed by atoms with Gasteiger partial charge in [0.15, 0.2) is 0 Å². The highest BCUT2D eigenvalue weighted by Gasteiger charge is 2.28. The fourth-order valence-corrected chi connectivity index (χ4v) is 7.87. The Labute approximate surface area is 230 Å². The van der Waals surface area contributed by atoms with E-state index in [0.717, 1.165) is 44.4 Å². The summed E-state index contributed by atoms with van der Waals surface area (Å²) < 4.78 is 28.0. The third-order valence-electron chi connectivity index (χ3n) is 6.46. The zero-order valence-electron chi connectivity index (χ0n) is 21.6. The lowest BCUT2D eigenvalue weighted by atomic mass is 9.97. The van der Waals surface area contributed by atoms with Crippen LogP contribution >= 0.6 is 32.9 Å². The molecule has 4 rings (SSSR count). The highest BCUT2D eigenvalue weighted by molar-refractivity contribution is 8.76. The summed E-state index contributed by atoms with van der Waals surface area (Å²) in [5.41, 5.74) is 2.21. The van der Waals surface area contributed by atoms with Gasteiger partial charge in [0.25, 0.3) is 11.8 Å². The molecule has 1 amide bonds. The van der Waals surface area contributed by atoms with Gasteiger partial charge in [0.2, 0.25) is 0 Å². The second-order valence-corrected chi connectivity index (χ2v) is 14.1. The Morgan fingerprint density at radius 1 is 1.14 bits per heavy atom. The average molecular weight is 562 g/mol. The molecule has 2 aromatic carbocycles. The molecule has 0 aliphatic carbocycles. The third-order valence-corrected chi connectivity index (χ3v) is 10.1. The van der Waals surface area contributed by atoms with Gasteiger partial charge >= 0.3 is 0 Å². The number of likely N-dealkylation sites (tertiary alicyclic amines) is 1. The Morgan fingerprint density at radius 3 is 2.57 bits per heavy atom. The van der Waals surface area contributed by atoms with Crippen molar-refractivity contribution in [2.45, 2.75) is 50.2 Å². The highest BCUT2D eigenvalue weighted by atomic mass is 33.1. The van der Waals surface area contributed by atoms with Gasteiger partial charge in [0, 0.05) is 46.3 Å². The zero-order valence-corrected chi connectivity index (χ0v) is 24.0. The van der Waals surface area contributed by atoms with Crippen LogP contribution in [0.5, 0.6) is 0 Å². The van der Waals surface area contributed by atoms with Crippen LogP contribution in [0, 0.1) is 0 Å². The van der Waals surface area contributed by atoms with Gasteiger partial charge < -0.3 is 10.2 Å². The number of nitrogens with zero attached hydrogens (tertiary/aromatic N) is 2. The van der Waals surface area contributed by atoms with E-state index < -0.39 is 5.92 Å². The molecule has 0 unspecified atom stereocenters. The Morgan fingerprint density at radius 2 is 1.86 bits per heavy atom. The molecule has 0 saturated carbocycles. The predicted octanol–water partition coefficient (Wildman–Crippen LogP) is 8.14. The van der Waals surface area contributed by atoms with E-state index in [-0.39, 0.29) is 16.2 Å². The number of nitrogens with one attached hydrogen (secondary N) is 1. The summed E-state index contributed by atoms with van der Waals surface area (Å²) in [4.78, 5) is 20.3. The van der Waals surface area contributed by atoms with Crippen molar-refractivity contribution >= 4 is 44.5 Å². The molecule has 1 fully saturated rings. The summed E-state index contributed by atoms with van der Waals surface area (Å²) in [7, 11) is 3.73. The molecule has 0 bridgehead atoms. The van der Waals surface area contributed by atoms with E-state index in [4.69, 9.17) is 0 Å². The summed E-state index contributed by atoms with van der Waals surface area (Å²) in [6, 6.07) is 13.5. The maximum Gasteiger partial charge on any atom is 0.275 e. The van der Waals surface area contributed by atoms with Gasteiger partial charge in [-0.2, -0.15) is 0 Å². The largest absolute Gasteiger partial charge is 0.320 e. The van der Waals surface area contributed by atoms with E-state index in [2.05, 4.69) is 35.3 Å². The number of carbonyl (C=O) groups is 1. The Bertz CT molecular complexity index is 1220. The maximum absolute atomic E-state index is 13.9. The Balaban J connectivity index is 1.42. The molecule has 0 atom stereocenters. The monoisotopic (exact) mass is 561 g/mol. The highest BCUT2D eigenvalue weighted by Crippen LogP contribution is 2.37. The fraction of sp³-hybridized carbons (Fsp3) is 0.429. The first-order valence-corrected chi connectivity index (χ1v) is 15.8. The van der Waals surface area contributed by atoms with Crippen LogP contribution in [0.1, 0.15) is 60.6 Å². The minimum absolute atomic E-state index is 0.0621. The predicted molar refractivity (Wildman–Crippen MR) is 155 cm³/mol. The summed E-state index contributed by atoms with van der Waals surface area (Å²) in [5.74, 6) is -2.87. The van der Waals surface area contributed by atoms with Crippen molar-refractivity contribution in [1.29, 1.82) is 0 Å². The van der Waals surface area contributed by atoms with E-state index in [1.54, 1.807) is 29.5 Å². The fourth-order valence-electron chi connectivity index (χ4n) is 4.70. The molecular formula is C28H33F2N3OS3. The SMILES string of the molecule is CSSC(C)(C)CN1CCC(c2nc(C(=O)Nc3ccccc3-c3cccc(C(C)(F)F)c3)cs2)CC1. The average Bonchev–Trinajstić information content (AvgIpc) is 3.35. The first-order chi connectivity index (χ1) is 17.6. The molecule has 1 saturated heterocycles. The van der Waals surface area contributed by atoms with E-state index in [9.17, 15) is 13.6 Å². The molecule has 2 heterocycles. The van der Waals surface area contributed by atoms with E-state index in [0.29, 0.717) is 28.4 Å². The number of hydrogen-bond acceptors (Lipinski definition) is 6. The first kappa shape index (κ1) is 28.1. The number of anilines is 1. The molecule has 0 radical (unpaired) electrons. The maximum atomic E-state index is 13.9. The minimum Gasteiger partial charge on any atom is -0.320 e. The van der Waals surface area contributed by atoms with E-state index in [1.165, 1.54) is 12.1 Å². The lowest BCUT2D eigenvalue weighted by molar-refractivity contribution is 0.0175. The number of piperidine rings is 1. The van der Waals surface area contributed by atoms with Gasteiger partial charge in [0.05, 0.1) is 5.01 Å². The summed E-state index contributed by atoms with van der Waals surface area (Å²) in [5, 5.41) is 5.77. The number of halogens is 2. The molecule has 3 aromatic rings. The lowest BCUT2D eigenvalue weighted by Gasteiger charge is -2.36. The van der Waals surface area contributed by atoms with Crippen LogP contribution < -0.4 is 5.32 Å². The second-order valence-electron chi connectivity index (χ2n) is 10.1. The molecule has 9 heteroatoms. The van der Waals surface area contributed by atoms with Crippen molar-refractivity contribution in [3.8, 4) is 11.1 Å². The van der Waals surface area contributed by atoms with Crippen molar-refractivity contribution in [3.63, 3.8) is 0 Å². The van der Waals surface area contributed by atoms with Crippen LogP contribution in [0.15, 0.2) is 53.9 Å². The number of amides is 1. The summed E-state index contributed by atoms with van der Waals surface area (Å²) in [6.07, 6.45) is 4.20. The van der Waals surface area contributed by atoms with Gasteiger partial charge in [-0.05, 0) is 63.7 Å². The molecule has 1 aliphatic heterocycles. The van der Waals surface area contributed by atoms with Crippen molar-refractivity contribution in [2.24, 2.45) is 0 Å². The normalized spacial score (nSPS) is 15.6. The molecular weight excluding hydrogens is 529 g/mol. The number of benzene rings is 2. The van der Waals surface area contributed by atoms with Crippen molar-refractivity contribution in [3.05, 3.63) is 70.2 Å². The number of hydrogen-bond donors (Lipinski definition) is 1. The van der Waals surface area contributed by atoms with Gasteiger partial charge in [-0.1, -0.05) is 58.0 Å². The van der Waals surface area contributed by atoms with Crippen LogP contribution in [0.25, 0.3) is 11.1 Å². The second kappa shape index (κ2) is 11.8. The number of rotatable bonds is 9. The molecule has 4 nitrogen and oxygen atoms in total. The zero-order chi connectivity index (χ0) is 26.6. The Hall–Kier alpha value is -1.94. The minimum atomic E-state index is -2.94. The molecule has 0 spiro atoms. The van der Waals surface area contributed by atoms with Crippen LogP contribution in [0.3, 0.4) is 0 Å². The number of aromatic nitrogens is 1. The van der Waals surface area contributed by atoms with Crippen molar-refractivity contribution < 1.29 is 13.6 Å². The quantitative estimate of drug-likeness (QED) is 0.267. The Kier molecular flexibility index (Phi) is 8.99. The van der Waals surface area contributed by atoms with Gasteiger partial charge in [-0.3, -0.25) is 4.79 Å². The van der Waals surface area contributed by atoms with Crippen LogP contribution in [-0.4, -0.2) is 46.4 Å². The standard InChI is InChI=1S/C28H33F2N3OS3/c1-27(2,37-35-4)18-33-14-12-19(13-15-33)26-32-24(17-36-26)25(34)31-23-11-6-5-10-22(23)20-8-7-9-21(16-20)28(3,29)30/h5-11,16-17,19H,12-15,18H2,1-4H3,(H,31,34). The summed E-state index contributed by atoms with van der Waals surface area (Å²) in [6.45, 7) is 8.60. The van der Waals surface area contributed by atoms with Crippen molar-refractivity contribution in [1.82, 2.24) is 9.88 Å². The summed E-state index contributed by atoms with van der Waals surface area (Å²) >= 11 is 1.54. The molecule has 1 N–H and O–H groups in total. The smallest absolute Gasteiger partial charge is 0.275 e. The van der Waals surface area contributed by atoms with Crippen LogP contribution in [0.4, 0.5) is 14.5 Å². The number of thiazole rings is 1.